The lowest BCUT2D eigenvalue weighted by Gasteiger charge is -2.20. The van der Waals surface area contributed by atoms with Crippen LogP contribution in [0, 0.1) is 11.0 Å². The summed E-state index contributed by atoms with van der Waals surface area (Å²) in [5.74, 6) is -0.417. The molecule has 2 aromatic rings. The molecule has 0 aliphatic rings. The number of carbonyl (C=O) groups is 1. The number of halogens is 1. The second-order valence-electron chi connectivity index (χ2n) is 8.52. The van der Waals surface area contributed by atoms with Crippen molar-refractivity contribution in [2.45, 2.75) is 38.9 Å². The standard InChI is InChI=1S/C22H31FN4O4/c1-22(2,3)31-21(29)25-16-7-8-17(18(23)14-16)20(28)15-9-12-27(30)19(13-15)24-10-6-11-26(4)5/h7-9,12-14,20,24,28H,6,10-11H2,1-5H3,(H,25,29). The number of anilines is 2. The van der Waals surface area contributed by atoms with E-state index in [9.17, 15) is 19.5 Å². The van der Waals surface area contributed by atoms with Gasteiger partial charge in [-0.05, 0) is 65.0 Å². The lowest BCUT2D eigenvalue weighted by atomic mass is 10.0. The molecule has 1 aromatic heterocycles. The predicted molar refractivity (Wildman–Crippen MR) is 117 cm³/mol. The van der Waals surface area contributed by atoms with Crippen LogP contribution in [-0.4, -0.2) is 48.9 Å². The highest BCUT2D eigenvalue weighted by Crippen LogP contribution is 2.27. The largest absolute Gasteiger partial charge is 0.711 e. The van der Waals surface area contributed by atoms with Crippen LogP contribution in [0.15, 0.2) is 36.5 Å². The number of nitrogens with one attached hydrogen (secondary N) is 2. The van der Waals surface area contributed by atoms with E-state index in [2.05, 4.69) is 10.6 Å². The first-order chi connectivity index (χ1) is 14.5. The maximum absolute atomic E-state index is 14.6. The highest BCUT2D eigenvalue weighted by Gasteiger charge is 2.20. The van der Waals surface area contributed by atoms with Crippen molar-refractivity contribution in [3.8, 4) is 0 Å². The quantitative estimate of drug-likeness (QED) is 0.335. The van der Waals surface area contributed by atoms with Gasteiger partial charge in [0.2, 0.25) is 0 Å². The van der Waals surface area contributed by atoms with Crippen LogP contribution in [0.3, 0.4) is 0 Å². The highest BCUT2D eigenvalue weighted by atomic mass is 19.1. The van der Waals surface area contributed by atoms with E-state index in [0.717, 1.165) is 19.0 Å². The van der Waals surface area contributed by atoms with Gasteiger partial charge in [0.15, 0.2) is 0 Å². The van der Waals surface area contributed by atoms with Crippen LogP contribution >= 0.6 is 0 Å². The third kappa shape index (κ3) is 7.69. The van der Waals surface area contributed by atoms with Gasteiger partial charge in [-0.25, -0.2) is 13.9 Å². The fraction of sp³-hybridized carbons (Fsp3) is 0.455. The fourth-order valence-corrected chi connectivity index (χ4v) is 2.84. The van der Waals surface area contributed by atoms with Gasteiger partial charge in [0.05, 0.1) is 12.7 Å². The fourth-order valence-electron chi connectivity index (χ4n) is 2.84. The zero-order chi connectivity index (χ0) is 23.2. The SMILES string of the molecule is CN(C)CCCNc1cc(C(O)c2ccc(NC(=O)OC(C)(C)C)cc2F)cc[n+]1[O-]. The molecule has 31 heavy (non-hydrogen) atoms. The second-order valence-corrected chi connectivity index (χ2v) is 8.52. The van der Waals surface area contributed by atoms with Crippen LogP contribution in [0.25, 0.3) is 0 Å². The number of rotatable bonds is 8. The second kappa shape index (κ2) is 10.4. The molecule has 1 heterocycles. The van der Waals surface area contributed by atoms with Gasteiger partial charge in [0.25, 0.3) is 5.82 Å². The Morgan fingerprint density at radius 1 is 1.29 bits per heavy atom. The lowest BCUT2D eigenvalue weighted by Crippen LogP contribution is -2.31. The van der Waals surface area contributed by atoms with Crippen molar-refractivity contribution in [2.24, 2.45) is 0 Å². The number of carbonyl (C=O) groups excluding carboxylic acids is 1. The van der Waals surface area contributed by atoms with E-state index in [1.54, 1.807) is 20.8 Å². The Morgan fingerprint density at radius 3 is 2.61 bits per heavy atom. The average Bonchev–Trinajstić information content (AvgIpc) is 2.64. The van der Waals surface area contributed by atoms with Crippen LogP contribution in [0.2, 0.25) is 0 Å². The number of pyridine rings is 1. The summed E-state index contributed by atoms with van der Waals surface area (Å²) < 4.78 is 20.4. The van der Waals surface area contributed by atoms with Gasteiger partial charge in [-0.3, -0.25) is 10.6 Å². The Kier molecular flexibility index (Phi) is 8.18. The number of ether oxygens (including phenoxy) is 1. The summed E-state index contributed by atoms with van der Waals surface area (Å²) in [7, 11) is 3.93. The molecular weight excluding hydrogens is 403 g/mol. The summed E-state index contributed by atoms with van der Waals surface area (Å²) in [6.07, 6.45) is 0.122. The van der Waals surface area contributed by atoms with Crippen LogP contribution in [0.5, 0.6) is 0 Å². The molecule has 0 saturated heterocycles. The van der Waals surface area contributed by atoms with E-state index in [1.807, 2.05) is 19.0 Å². The summed E-state index contributed by atoms with van der Waals surface area (Å²) in [6, 6.07) is 6.91. The van der Waals surface area contributed by atoms with Crippen molar-refractivity contribution in [1.29, 1.82) is 0 Å². The van der Waals surface area contributed by atoms with E-state index < -0.39 is 23.6 Å². The molecule has 0 saturated carbocycles. The maximum atomic E-state index is 14.6. The molecule has 0 aliphatic heterocycles. The molecule has 0 fully saturated rings. The Hall–Kier alpha value is -2.91. The number of aliphatic hydroxyl groups is 1. The van der Waals surface area contributed by atoms with Crippen LogP contribution in [0.4, 0.5) is 20.7 Å². The van der Waals surface area contributed by atoms with Gasteiger partial charge >= 0.3 is 6.09 Å². The zero-order valence-corrected chi connectivity index (χ0v) is 18.6. The van der Waals surface area contributed by atoms with Crippen molar-refractivity contribution < 1.29 is 23.8 Å². The number of hydrogen-bond donors (Lipinski definition) is 3. The monoisotopic (exact) mass is 434 g/mol. The topological polar surface area (TPSA) is 101 Å². The first-order valence-electron chi connectivity index (χ1n) is 10.1. The predicted octanol–water partition coefficient (Wildman–Crippen LogP) is 3.25. The molecule has 2 rings (SSSR count). The van der Waals surface area contributed by atoms with Crippen molar-refractivity contribution in [1.82, 2.24) is 4.90 Å². The summed E-state index contributed by atoms with van der Waals surface area (Å²) in [6.45, 7) is 6.62. The van der Waals surface area contributed by atoms with Crippen LogP contribution in [0.1, 0.15) is 44.4 Å². The molecule has 0 spiro atoms. The molecular formula is C22H31FN4O4. The van der Waals surface area contributed by atoms with Gasteiger partial charge in [-0.15, -0.1) is 0 Å². The molecule has 0 aliphatic carbocycles. The molecule has 9 heteroatoms. The smallest absolute Gasteiger partial charge is 0.412 e. The molecule has 3 N–H and O–H groups in total. The zero-order valence-electron chi connectivity index (χ0n) is 18.6. The van der Waals surface area contributed by atoms with E-state index >= 15 is 0 Å². The van der Waals surface area contributed by atoms with Crippen LogP contribution in [-0.2, 0) is 4.74 Å². The summed E-state index contributed by atoms with van der Waals surface area (Å²) in [5.41, 5.74) is -0.0785. The number of hydrogen-bond acceptors (Lipinski definition) is 6. The Labute approximate surface area is 182 Å². The molecule has 0 bridgehead atoms. The molecule has 1 amide bonds. The normalized spacial score (nSPS) is 12.5. The number of benzene rings is 1. The summed E-state index contributed by atoms with van der Waals surface area (Å²) >= 11 is 0. The van der Waals surface area contributed by atoms with E-state index in [4.69, 9.17) is 4.74 Å². The third-order valence-corrected chi connectivity index (χ3v) is 4.29. The molecule has 8 nitrogen and oxygen atoms in total. The van der Waals surface area contributed by atoms with Crippen molar-refractivity contribution >= 4 is 17.6 Å². The molecule has 1 atom stereocenters. The van der Waals surface area contributed by atoms with E-state index in [1.165, 1.54) is 30.5 Å². The van der Waals surface area contributed by atoms with Gasteiger partial charge in [-0.1, -0.05) is 6.07 Å². The van der Waals surface area contributed by atoms with Gasteiger partial charge in [0, 0.05) is 23.9 Å². The van der Waals surface area contributed by atoms with Crippen LogP contribution < -0.4 is 15.4 Å². The Bertz CT molecular complexity index is 900. The maximum Gasteiger partial charge on any atom is 0.412 e. The number of amides is 1. The van der Waals surface area contributed by atoms with Gasteiger partial charge < -0.3 is 20.0 Å². The first kappa shape index (κ1) is 24.4. The Morgan fingerprint density at radius 2 is 2.00 bits per heavy atom. The first-order valence-corrected chi connectivity index (χ1v) is 10.1. The highest BCUT2D eigenvalue weighted by molar-refractivity contribution is 5.84. The summed E-state index contributed by atoms with van der Waals surface area (Å²) in [4.78, 5) is 13.9. The van der Waals surface area contributed by atoms with Crippen molar-refractivity contribution in [2.75, 3.05) is 37.8 Å². The van der Waals surface area contributed by atoms with E-state index in [0.29, 0.717) is 16.8 Å². The number of nitrogens with zero attached hydrogens (tertiary/aromatic N) is 2. The molecule has 1 unspecified atom stereocenters. The molecule has 170 valence electrons. The minimum absolute atomic E-state index is 0.0249. The van der Waals surface area contributed by atoms with Crippen molar-refractivity contribution in [3.05, 3.63) is 58.7 Å². The minimum Gasteiger partial charge on any atom is -0.711 e. The number of aliphatic hydroxyl groups excluding tert-OH is 1. The van der Waals surface area contributed by atoms with E-state index in [-0.39, 0.29) is 17.1 Å². The third-order valence-electron chi connectivity index (χ3n) is 4.29. The lowest BCUT2D eigenvalue weighted by molar-refractivity contribution is -0.590. The molecule has 1 aromatic carbocycles. The van der Waals surface area contributed by atoms with Gasteiger partial charge in [0.1, 0.15) is 17.5 Å². The minimum atomic E-state index is -1.28. The van der Waals surface area contributed by atoms with Crippen molar-refractivity contribution in [3.63, 3.8) is 0 Å². The Balaban J connectivity index is 2.11. The number of aromatic nitrogens is 1. The summed E-state index contributed by atoms with van der Waals surface area (Å²) in [5, 5.41) is 28.2. The van der Waals surface area contributed by atoms with Gasteiger partial charge in [-0.2, -0.15) is 0 Å². The average molecular weight is 435 g/mol. The molecule has 0 radical (unpaired) electrons.